The van der Waals surface area contributed by atoms with Crippen molar-refractivity contribution in [2.24, 2.45) is 5.73 Å². The standard InChI is InChI=1S/C16H23NO2/c1-18-12-6-7-13-14(17)11-16(19-15(13)10-12)8-4-2-3-5-9-16/h6-7,10,14H,2-5,8-9,11,17H2,1H3/t14-/m0/s1. The Labute approximate surface area is 115 Å². The van der Waals surface area contributed by atoms with Gasteiger partial charge < -0.3 is 15.2 Å². The highest BCUT2D eigenvalue weighted by atomic mass is 16.5. The average molecular weight is 261 g/mol. The van der Waals surface area contributed by atoms with E-state index in [-0.39, 0.29) is 11.6 Å². The maximum absolute atomic E-state index is 6.39. The quantitative estimate of drug-likeness (QED) is 0.840. The van der Waals surface area contributed by atoms with Gasteiger partial charge in [-0.3, -0.25) is 0 Å². The number of methoxy groups -OCH3 is 1. The number of ether oxygens (including phenoxy) is 2. The van der Waals surface area contributed by atoms with Crippen LogP contribution in [0.2, 0.25) is 0 Å². The second-order valence-corrected chi connectivity index (χ2v) is 5.91. The summed E-state index contributed by atoms with van der Waals surface area (Å²) in [6.45, 7) is 0. The van der Waals surface area contributed by atoms with Crippen molar-refractivity contribution in [1.82, 2.24) is 0 Å². The van der Waals surface area contributed by atoms with E-state index in [0.717, 1.165) is 36.3 Å². The Morgan fingerprint density at radius 1 is 1.21 bits per heavy atom. The lowest BCUT2D eigenvalue weighted by atomic mass is 9.82. The topological polar surface area (TPSA) is 44.5 Å². The van der Waals surface area contributed by atoms with Gasteiger partial charge in [-0.25, -0.2) is 0 Å². The van der Waals surface area contributed by atoms with Crippen LogP contribution in [0.5, 0.6) is 11.5 Å². The number of rotatable bonds is 1. The first-order valence-corrected chi connectivity index (χ1v) is 7.35. The van der Waals surface area contributed by atoms with Crippen LogP contribution < -0.4 is 15.2 Å². The minimum atomic E-state index is -0.0325. The predicted molar refractivity (Wildman–Crippen MR) is 75.6 cm³/mol. The van der Waals surface area contributed by atoms with Gasteiger partial charge in [0, 0.05) is 24.1 Å². The summed E-state index contributed by atoms with van der Waals surface area (Å²) < 4.78 is 11.7. The third kappa shape index (κ3) is 2.44. The molecule has 1 saturated carbocycles. The van der Waals surface area contributed by atoms with Gasteiger partial charge in [0.25, 0.3) is 0 Å². The van der Waals surface area contributed by atoms with E-state index in [1.165, 1.54) is 25.7 Å². The van der Waals surface area contributed by atoms with Crippen LogP contribution in [0.15, 0.2) is 18.2 Å². The molecular formula is C16H23NO2. The molecule has 0 radical (unpaired) electrons. The number of hydrogen-bond acceptors (Lipinski definition) is 3. The highest BCUT2D eigenvalue weighted by Gasteiger charge is 2.39. The van der Waals surface area contributed by atoms with Crippen LogP contribution >= 0.6 is 0 Å². The van der Waals surface area contributed by atoms with Crippen molar-refractivity contribution >= 4 is 0 Å². The Balaban J connectivity index is 1.92. The molecule has 1 atom stereocenters. The molecule has 3 heteroatoms. The molecule has 1 spiro atoms. The van der Waals surface area contributed by atoms with E-state index >= 15 is 0 Å². The summed E-state index contributed by atoms with van der Waals surface area (Å²) in [5.74, 6) is 1.77. The van der Waals surface area contributed by atoms with Crippen molar-refractivity contribution in [3.8, 4) is 11.5 Å². The minimum Gasteiger partial charge on any atom is -0.497 e. The van der Waals surface area contributed by atoms with Gasteiger partial charge in [-0.05, 0) is 31.7 Å². The highest BCUT2D eigenvalue weighted by molar-refractivity contribution is 5.44. The second kappa shape index (κ2) is 5.04. The van der Waals surface area contributed by atoms with Crippen LogP contribution in [0, 0.1) is 0 Å². The molecule has 2 N–H and O–H groups in total. The lowest BCUT2D eigenvalue weighted by Crippen LogP contribution is -2.42. The summed E-state index contributed by atoms with van der Waals surface area (Å²) in [6, 6.07) is 6.09. The van der Waals surface area contributed by atoms with Gasteiger partial charge >= 0.3 is 0 Å². The Morgan fingerprint density at radius 2 is 1.95 bits per heavy atom. The van der Waals surface area contributed by atoms with Gasteiger partial charge in [0.05, 0.1) is 7.11 Å². The molecule has 0 bridgehead atoms. The summed E-state index contributed by atoms with van der Waals surface area (Å²) in [5, 5.41) is 0. The smallest absolute Gasteiger partial charge is 0.128 e. The molecule has 0 unspecified atom stereocenters. The van der Waals surface area contributed by atoms with Crippen molar-refractivity contribution in [2.75, 3.05) is 7.11 Å². The summed E-state index contributed by atoms with van der Waals surface area (Å²) in [4.78, 5) is 0. The molecule has 1 aliphatic carbocycles. The summed E-state index contributed by atoms with van der Waals surface area (Å²) >= 11 is 0. The number of nitrogens with two attached hydrogens (primary N) is 1. The fourth-order valence-electron chi connectivity index (χ4n) is 3.50. The van der Waals surface area contributed by atoms with Crippen molar-refractivity contribution in [3.05, 3.63) is 23.8 Å². The molecule has 0 aromatic heterocycles. The SMILES string of the molecule is COc1ccc2c(c1)OC1(CCCCCC1)C[C@@H]2N. The van der Waals surface area contributed by atoms with Gasteiger partial charge in [0.15, 0.2) is 0 Å². The Morgan fingerprint density at radius 3 is 2.63 bits per heavy atom. The first-order chi connectivity index (χ1) is 9.22. The maximum Gasteiger partial charge on any atom is 0.128 e. The van der Waals surface area contributed by atoms with Crippen molar-refractivity contribution in [1.29, 1.82) is 0 Å². The van der Waals surface area contributed by atoms with Crippen LogP contribution in [-0.2, 0) is 0 Å². The molecule has 0 amide bonds. The van der Waals surface area contributed by atoms with E-state index in [0.29, 0.717) is 0 Å². The van der Waals surface area contributed by atoms with Gasteiger partial charge in [-0.1, -0.05) is 18.9 Å². The van der Waals surface area contributed by atoms with Gasteiger partial charge in [0.1, 0.15) is 17.1 Å². The van der Waals surface area contributed by atoms with Crippen LogP contribution in [0.4, 0.5) is 0 Å². The third-order valence-corrected chi connectivity index (χ3v) is 4.55. The van der Waals surface area contributed by atoms with Gasteiger partial charge in [0.2, 0.25) is 0 Å². The van der Waals surface area contributed by atoms with E-state index in [1.54, 1.807) is 7.11 Å². The Kier molecular flexibility index (Phi) is 3.40. The molecule has 104 valence electrons. The number of hydrogen-bond donors (Lipinski definition) is 1. The van der Waals surface area contributed by atoms with Crippen LogP contribution in [-0.4, -0.2) is 12.7 Å². The second-order valence-electron chi connectivity index (χ2n) is 5.91. The molecule has 1 aromatic carbocycles. The zero-order valence-electron chi connectivity index (χ0n) is 11.7. The maximum atomic E-state index is 6.39. The molecule has 2 aliphatic rings. The first kappa shape index (κ1) is 12.8. The lowest BCUT2D eigenvalue weighted by Gasteiger charge is -2.41. The van der Waals surface area contributed by atoms with E-state index in [9.17, 15) is 0 Å². The normalized spacial score (nSPS) is 25.3. The summed E-state index contributed by atoms with van der Waals surface area (Å²) in [6.07, 6.45) is 8.38. The fraction of sp³-hybridized carbons (Fsp3) is 0.625. The molecule has 0 saturated heterocycles. The lowest BCUT2D eigenvalue weighted by molar-refractivity contribution is 0.0211. The molecule has 1 heterocycles. The Hall–Kier alpha value is -1.22. The average Bonchev–Trinajstić information content (AvgIpc) is 2.63. The van der Waals surface area contributed by atoms with Gasteiger partial charge in [-0.15, -0.1) is 0 Å². The van der Waals surface area contributed by atoms with Crippen LogP contribution in [0.1, 0.15) is 56.6 Å². The van der Waals surface area contributed by atoms with Crippen molar-refractivity contribution in [2.45, 2.75) is 56.6 Å². The van der Waals surface area contributed by atoms with E-state index in [2.05, 4.69) is 0 Å². The minimum absolute atomic E-state index is 0.0325. The van der Waals surface area contributed by atoms with Crippen molar-refractivity contribution < 1.29 is 9.47 Å². The molecule has 1 aromatic rings. The first-order valence-electron chi connectivity index (χ1n) is 7.35. The summed E-state index contributed by atoms with van der Waals surface area (Å²) in [7, 11) is 1.69. The molecule has 1 fully saturated rings. The van der Waals surface area contributed by atoms with E-state index in [1.807, 2.05) is 18.2 Å². The molecule has 3 nitrogen and oxygen atoms in total. The number of benzene rings is 1. The monoisotopic (exact) mass is 261 g/mol. The van der Waals surface area contributed by atoms with Crippen LogP contribution in [0.3, 0.4) is 0 Å². The largest absolute Gasteiger partial charge is 0.497 e. The zero-order valence-corrected chi connectivity index (χ0v) is 11.7. The van der Waals surface area contributed by atoms with E-state index < -0.39 is 0 Å². The fourth-order valence-corrected chi connectivity index (χ4v) is 3.50. The Bertz CT molecular complexity index is 450. The molecule has 19 heavy (non-hydrogen) atoms. The third-order valence-electron chi connectivity index (χ3n) is 4.55. The molecule has 1 aliphatic heterocycles. The van der Waals surface area contributed by atoms with Crippen LogP contribution in [0.25, 0.3) is 0 Å². The predicted octanol–water partition coefficient (Wildman–Crippen LogP) is 3.57. The zero-order chi connectivity index (χ0) is 13.3. The van der Waals surface area contributed by atoms with E-state index in [4.69, 9.17) is 15.2 Å². The molecule has 3 rings (SSSR count). The molecular weight excluding hydrogens is 238 g/mol. The van der Waals surface area contributed by atoms with Crippen molar-refractivity contribution in [3.63, 3.8) is 0 Å². The highest BCUT2D eigenvalue weighted by Crippen LogP contribution is 2.45. The summed E-state index contributed by atoms with van der Waals surface area (Å²) in [5.41, 5.74) is 7.46. The number of fused-ring (bicyclic) bond motifs is 1. The van der Waals surface area contributed by atoms with Gasteiger partial charge in [-0.2, -0.15) is 0 Å².